The highest BCUT2D eigenvalue weighted by atomic mass is 35.5. The maximum absolute atomic E-state index is 14.8. The third kappa shape index (κ3) is 6.74. The molecule has 2 fully saturated rings. The van der Waals surface area contributed by atoms with Crippen LogP contribution in [-0.2, 0) is 25.7 Å². The van der Waals surface area contributed by atoms with Gasteiger partial charge in [-0.1, -0.05) is 30.0 Å². The molecule has 1 aromatic carbocycles. The van der Waals surface area contributed by atoms with E-state index in [1.807, 2.05) is 4.90 Å². The first-order valence-electron chi connectivity index (χ1n) is 11.1. The molecule has 188 valence electrons. The molecule has 0 radical (unpaired) electrons. The fraction of sp³-hybridized carbons (Fsp3) is 0.478. The lowest BCUT2D eigenvalue weighted by Gasteiger charge is -2.38. The van der Waals surface area contributed by atoms with E-state index in [4.69, 9.17) is 0 Å². The standard InChI is InChI=1S/C23H26FN5O4S.ClH/c1-14(30)34-19-9-10-28(12-16(19)11-20-25-27-29(26-20)13-21(31)33-2)22(23(32)15-7-8-15)17-5-3-4-6-18(17)24;/h3-6,11,15,19,22H,7-10,12-13H2,1-2H3;1H/b16-11+;. The van der Waals surface area contributed by atoms with Crippen molar-refractivity contribution in [2.45, 2.75) is 44.0 Å². The van der Waals surface area contributed by atoms with Crippen LogP contribution in [0.15, 0.2) is 29.8 Å². The number of aromatic nitrogens is 4. The number of benzene rings is 1. The van der Waals surface area contributed by atoms with Gasteiger partial charge in [0.05, 0.1) is 13.2 Å². The summed E-state index contributed by atoms with van der Waals surface area (Å²) in [6.45, 7) is 2.24. The van der Waals surface area contributed by atoms with Gasteiger partial charge in [-0.05, 0) is 42.2 Å². The topological polar surface area (TPSA) is 107 Å². The lowest BCUT2D eigenvalue weighted by molar-refractivity contribution is -0.141. The van der Waals surface area contributed by atoms with Gasteiger partial charge in [0.15, 0.2) is 23.3 Å². The first kappa shape index (κ1) is 27.0. The van der Waals surface area contributed by atoms with Crippen LogP contribution in [0.5, 0.6) is 0 Å². The molecular weight excluding hydrogens is 497 g/mol. The number of thioether (sulfide) groups is 1. The Bertz CT molecular complexity index is 1120. The summed E-state index contributed by atoms with van der Waals surface area (Å²) in [7, 11) is 1.28. The number of carbonyl (C=O) groups is 3. The third-order valence-electron chi connectivity index (χ3n) is 5.88. The van der Waals surface area contributed by atoms with Crippen molar-refractivity contribution >= 4 is 47.1 Å². The van der Waals surface area contributed by atoms with Gasteiger partial charge in [0.1, 0.15) is 5.82 Å². The SMILES string of the molecule is COC(=O)Cn1nnc(/C=C2\CN(C(C(=O)C3CC3)c3ccccc3F)CCC2SC(C)=O)n1.Cl. The van der Waals surface area contributed by atoms with E-state index >= 15 is 0 Å². The minimum Gasteiger partial charge on any atom is -0.468 e. The fourth-order valence-corrected chi connectivity index (χ4v) is 5.04. The smallest absolute Gasteiger partial charge is 0.329 e. The van der Waals surface area contributed by atoms with Crippen LogP contribution in [-0.4, -0.2) is 67.4 Å². The van der Waals surface area contributed by atoms with E-state index in [1.165, 1.54) is 31.9 Å². The number of carbonyl (C=O) groups excluding carboxylic acids is 3. The second-order valence-corrected chi connectivity index (χ2v) is 9.81. The molecule has 9 nitrogen and oxygen atoms in total. The number of rotatable bonds is 8. The predicted octanol–water partition coefficient (Wildman–Crippen LogP) is 2.86. The molecule has 2 aliphatic rings. The maximum atomic E-state index is 14.8. The number of halogens is 2. The summed E-state index contributed by atoms with van der Waals surface area (Å²) in [5.41, 5.74) is 1.22. The van der Waals surface area contributed by atoms with Crippen LogP contribution in [0, 0.1) is 11.7 Å². The Morgan fingerprint density at radius 1 is 1.26 bits per heavy atom. The van der Waals surface area contributed by atoms with Crippen molar-refractivity contribution < 1.29 is 23.5 Å². The van der Waals surface area contributed by atoms with E-state index in [0.29, 0.717) is 25.1 Å². The summed E-state index contributed by atoms with van der Waals surface area (Å²) >= 11 is 1.21. The molecule has 1 aromatic heterocycles. The van der Waals surface area contributed by atoms with E-state index in [-0.39, 0.29) is 46.8 Å². The zero-order valence-corrected chi connectivity index (χ0v) is 21.1. The molecule has 1 saturated heterocycles. The van der Waals surface area contributed by atoms with Gasteiger partial charge in [-0.3, -0.25) is 14.5 Å². The van der Waals surface area contributed by atoms with E-state index in [0.717, 1.165) is 23.2 Å². The van der Waals surface area contributed by atoms with Crippen LogP contribution < -0.4 is 0 Å². The summed E-state index contributed by atoms with van der Waals surface area (Å²) in [4.78, 5) is 39.7. The molecule has 0 bridgehead atoms. The van der Waals surface area contributed by atoms with Gasteiger partial charge in [-0.15, -0.1) is 22.6 Å². The Balaban J connectivity index is 0.00000342. The molecule has 12 heteroatoms. The van der Waals surface area contributed by atoms with E-state index in [2.05, 4.69) is 20.1 Å². The quantitative estimate of drug-likeness (QED) is 0.482. The van der Waals surface area contributed by atoms with Crippen molar-refractivity contribution in [1.82, 2.24) is 25.1 Å². The first-order chi connectivity index (χ1) is 16.4. The second-order valence-electron chi connectivity index (χ2n) is 8.43. The minimum atomic E-state index is -0.691. The summed E-state index contributed by atoms with van der Waals surface area (Å²) in [5, 5.41) is 11.9. The number of nitrogens with zero attached hydrogens (tertiary/aromatic N) is 5. The number of Topliss-reactive ketones (excluding diaryl/α,β-unsaturated/α-hetero) is 1. The minimum absolute atomic E-state index is 0. The number of ketones is 1. The molecule has 4 rings (SSSR count). The highest BCUT2D eigenvalue weighted by Crippen LogP contribution is 2.40. The molecular formula is C23H27ClFN5O4S. The molecule has 2 heterocycles. The molecule has 0 amide bonds. The number of tetrazole rings is 1. The predicted molar refractivity (Wildman–Crippen MR) is 130 cm³/mol. The zero-order chi connectivity index (χ0) is 24.2. The Morgan fingerprint density at radius 2 is 2.00 bits per heavy atom. The molecule has 0 N–H and O–H groups in total. The van der Waals surface area contributed by atoms with Crippen LogP contribution in [0.25, 0.3) is 6.08 Å². The van der Waals surface area contributed by atoms with Crippen molar-refractivity contribution in [2.24, 2.45) is 5.92 Å². The largest absolute Gasteiger partial charge is 0.468 e. The maximum Gasteiger partial charge on any atom is 0.329 e. The first-order valence-corrected chi connectivity index (χ1v) is 12.0. The lowest BCUT2D eigenvalue weighted by atomic mass is 9.93. The number of likely N-dealkylation sites (tertiary alicyclic amines) is 1. The average Bonchev–Trinajstić information content (AvgIpc) is 3.57. The molecule has 0 spiro atoms. The van der Waals surface area contributed by atoms with Crippen molar-refractivity contribution in [3.05, 3.63) is 47.0 Å². The van der Waals surface area contributed by atoms with Crippen LogP contribution in [0.4, 0.5) is 4.39 Å². The summed E-state index contributed by atoms with van der Waals surface area (Å²) in [6, 6.07) is 5.70. The second kappa shape index (κ2) is 11.9. The van der Waals surface area contributed by atoms with E-state index in [1.54, 1.807) is 24.3 Å². The van der Waals surface area contributed by atoms with Gasteiger partial charge in [-0.25, -0.2) is 9.18 Å². The van der Waals surface area contributed by atoms with Crippen LogP contribution in [0.2, 0.25) is 0 Å². The number of piperidine rings is 1. The average molecular weight is 524 g/mol. The van der Waals surface area contributed by atoms with Gasteiger partial charge >= 0.3 is 5.97 Å². The zero-order valence-electron chi connectivity index (χ0n) is 19.4. The van der Waals surface area contributed by atoms with Crippen molar-refractivity contribution in [3.8, 4) is 0 Å². The molecule has 1 aliphatic carbocycles. The number of ether oxygens (including phenoxy) is 1. The molecule has 1 saturated carbocycles. The summed E-state index contributed by atoms with van der Waals surface area (Å²) in [5.74, 6) is -0.632. The Labute approximate surface area is 212 Å². The Hall–Kier alpha value is -2.63. The van der Waals surface area contributed by atoms with Crippen molar-refractivity contribution in [1.29, 1.82) is 0 Å². The molecule has 2 aromatic rings. The van der Waals surface area contributed by atoms with Crippen LogP contribution in [0.1, 0.15) is 43.6 Å². The number of hydrogen-bond acceptors (Lipinski definition) is 9. The normalized spacial score (nSPS) is 20.2. The van der Waals surface area contributed by atoms with Crippen molar-refractivity contribution in [3.63, 3.8) is 0 Å². The van der Waals surface area contributed by atoms with Gasteiger partial charge in [0, 0.05) is 36.7 Å². The monoisotopic (exact) mass is 523 g/mol. The Kier molecular flexibility index (Phi) is 9.15. The van der Waals surface area contributed by atoms with E-state index in [9.17, 15) is 18.8 Å². The lowest BCUT2D eigenvalue weighted by Crippen LogP contribution is -2.43. The van der Waals surface area contributed by atoms with E-state index < -0.39 is 17.8 Å². The van der Waals surface area contributed by atoms with Gasteiger partial charge in [-0.2, -0.15) is 4.80 Å². The summed E-state index contributed by atoms with van der Waals surface area (Å²) in [6.07, 6.45) is 4.00. The molecule has 2 unspecified atom stereocenters. The third-order valence-corrected chi connectivity index (χ3v) is 7.04. The fourth-order valence-electron chi connectivity index (χ4n) is 4.12. The van der Waals surface area contributed by atoms with Gasteiger partial charge < -0.3 is 4.74 Å². The Morgan fingerprint density at radius 3 is 2.66 bits per heavy atom. The van der Waals surface area contributed by atoms with Crippen LogP contribution >= 0.6 is 24.2 Å². The number of methoxy groups -OCH3 is 1. The highest BCUT2D eigenvalue weighted by Gasteiger charge is 2.41. The molecule has 2 atom stereocenters. The number of hydrogen-bond donors (Lipinski definition) is 0. The van der Waals surface area contributed by atoms with Crippen molar-refractivity contribution in [2.75, 3.05) is 20.2 Å². The van der Waals surface area contributed by atoms with Crippen LogP contribution in [0.3, 0.4) is 0 Å². The summed E-state index contributed by atoms with van der Waals surface area (Å²) < 4.78 is 19.4. The van der Waals surface area contributed by atoms with Gasteiger partial charge in [0.2, 0.25) is 0 Å². The van der Waals surface area contributed by atoms with Gasteiger partial charge in [0.25, 0.3) is 0 Å². The molecule has 1 aliphatic heterocycles. The highest BCUT2D eigenvalue weighted by molar-refractivity contribution is 8.14. The molecule has 35 heavy (non-hydrogen) atoms. The number of esters is 1.